The molecule has 8 nitrogen and oxygen atoms in total. The first-order chi connectivity index (χ1) is 16.3. The van der Waals surface area contributed by atoms with Crippen molar-refractivity contribution >= 4 is 28.3 Å². The first-order valence-corrected chi connectivity index (χ1v) is 11.5. The van der Waals surface area contributed by atoms with Crippen molar-refractivity contribution in [2.24, 2.45) is 5.92 Å². The Morgan fingerprint density at radius 3 is 2.82 bits per heavy atom. The van der Waals surface area contributed by atoms with Crippen molar-refractivity contribution in [2.75, 3.05) is 18.5 Å². The Labute approximate surface area is 199 Å². The number of allylic oxidation sites excluding steroid dienone is 1. The summed E-state index contributed by atoms with van der Waals surface area (Å²) in [6, 6.07) is 9.07. The second-order valence-corrected chi connectivity index (χ2v) is 8.98. The monoisotopic (exact) mass is 461 g/mol. The van der Waals surface area contributed by atoms with Gasteiger partial charge in [-0.3, -0.25) is 4.79 Å². The molecule has 0 saturated carbocycles. The van der Waals surface area contributed by atoms with Crippen LogP contribution >= 0.6 is 0 Å². The number of carbonyl (C=O) groups is 1. The normalized spacial score (nSPS) is 17.4. The fourth-order valence-electron chi connectivity index (χ4n) is 3.99. The largest absolute Gasteiger partial charge is 0.504 e. The molecule has 8 heteroatoms. The summed E-state index contributed by atoms with van der Waals surface area (Å²) in [6.45, 7) is 11.0. The molecule has 0 fully saturated rings. The number of rotatable bonds is 1. The molecule has 34 heavy (non-hydrogen) atoms. The number of ether oxygens (including phenoxy) is 1. The number of phenols is 1. The minimum absolute atomic E-state index is 0.00992. The molecule has 2 aromatic carbocycles. The lowest BCUT2D eigenvalue weighted by atomic mass is 10.0. The Hall–Kier alpha value is -3.81. The molecule has 0 saturated heterocycles. The van der Waals surface area contributed by atoms with E-state index >= 15 is 0 Å². The van der Waals surface area contributed by atoms with E-state index in [1.165, 1.54) is 6.33 Å². The fraction of sp³-hybridized carbons (Fsp3) is 0.346. The minimum atomic E-state index is -0.397. The quantitative estimate of drug-likeness (QED) is 0.434. The standard InChI is InChI=1S/C26H31N5O3/c1-15(2)24-26(33)27-8-5-9-34-23-12-19-21(13-22(23)32)28-14-29-25(19)31-20-10-16(3)6-7-18(20)11-17(4)30-24/h6-7,10,12-15,24,30,32H,4-5,8-9,11H2,1-3H3,(H,27,33)(H,28,29,31). The number of amides is 1. The first kappa shape index (κ1) is 23.4. The van der Waals surface area contributed by atoms with Gasteiger partial charge in [-0.05, 0) is 42.5 Å². The molecule has 1 aliphatic rings. The van der Waals surface area contributed by atoms with E-state index in [4.69, 9.17) is 4.74 Å². The van der Waals surface area contributed by atoms with Crippen LogP contribution in [0, 0.1) is 12.8 Å². The van der Waals surface area contributed by atoms with E-state index in [2.05, 4.69) is 38.6 Å². The number of aryl methyl sites for hydroxylation is 1. The van der Waals surface area contributed by atoms with Gasteiger partial charge in [-0.1, -0.05) is 32.6 Å². The van der Waals surface area contributed by atoms with E-state index in [1.54, 1.807) is 12.1 Å². The second kappa shape index (κ2) is 9.99. The average Bonchev–Trinajstić information content (AvgIpc) is 2.79. The zero-order valence-corrected chi connectivity index (χ0v) is 19.8. The molecule has 4 rings (SSSR count). The number of phenolic OH excluding ortho intramolecular Hbond substituents is 1. The van der Waals surface area contributed by atoms with Crippen molar-refractivity contribution in [1.29, 1.82) is 0 Å². The van der Waals surface area contributed by atoms with Crippen LogP contribution < -0.4 is 20.7 Å². The van der Waals surface area contributed by atoms with Crippen LogP contribution in [-0.2, 0) is 11.2 Å². The van der Waals surface area contributed by atoms with Crippen molar-refractivity contribution in [3.8, 4) is 11.5 Å². The van der Waals surface area contributed by atoms with Crippen molar-refractivity contribution in [3.05, 3.63) is 60.1 Å². The lowest BCUT2D eigenvalue weighted by Crippen LogP contribution is -2.47. The van der Waals surface area contributed by atoms with Gasteiger partial charge in [-0.25, -0.2) is 9.97 Å². The fourth-order valence-corrected chi connectivity index (χ4v) is 3.99. The lowest BCUT2D eigenvalue weighted by Gasteiger charge is -2.24. The molecule has 0 spiro atoms. The summed E-state index contributed by atoms with van der Waals surface area (Å²) >= 11 is 0. The van der Waals surface area contributed by atoms with Gasteiger partial charge in [0.1, 0.15) is 18.2 Å². The van der Waals surface area contributed by atoms with E-state index in [0.29, 0.717) is 43.1 Å². The Morgan fingerprint density at radius 2 is 2.03 bits per heavy atom. The summed E-state index contributed by atoms with van der Waals surface area (Å²) in [6.07, 6.45) is 2.60. The summed E-state index contributed by atoms with van der Waals surface area (Å²) < 4.78 is 5.82. The maximum Gasteiger partial charge on any atom is 0.242 e. The van der Waals surface area contributed by atoms with E-state index in [0.717, 1.165) is 27.9 Å². The Bertz CT molecular complexity index is 1220. The van der Waals surface area contributed by atoms with Crippen LogP contribution in [0.25, 0.3) is 10.9 Å². The molecule has 1 amide bonds. The predicted molar refractivity (Wildman–Crippen MR) is 133 cm³/mol. The number of nitrogens with zero attached hydrogens (tertiary/aromatic N) is 2. The van der Waals surface area contributed by atoms with Gasteiger partial charge in [0.15, 0.2) is 11.5 Å². The van der Waals surface area contributed by atoms with Gasteiger partial charge in [0.2, 0.25) is 5.91 Å². The number of aromatic hydroxyl groups is 1. The van der Waals surface area contributed by atoms with Crippen molar-refractivity contribution in [3.63, 3.8) is 0 Å². The highest BCUT2D eigenvalue weighted by Crippen LogP contribution is 2.35. The Balaban J connectivity index is 1.76. The number of carbonyl (C=O) groups excluding carboxylic acids is 1. The van der Waals surface area contributed by atoms with Crippen molar-refractivity contribution in [1.82, 2.24) is 20.6 Å². The Kier molecular flexibility index (Phi) is 6.86. The summed E-state index contributed by atoms with van der Waals surface area (Å²) in [5, 5.41) is 20.9. The third-order valence-corrected chi connectivity index (χ3v) is 5.83. The number of hydrogen-bond acceptors (Lipinski definition) is 7. The summed E-state index contributed by atoms with van der Waals surface area (Å²) in [5.74, 6) is 0.978. The van der Waals surface area contributed by atoms with Gasteiger partial charge >= 0.3 is 0 Å². The number of anilines is 2. The topological polar surface area (TPSA) is 108 Å². The molecule has 4 N–H and O–H groups in total. The van der Waals surface area contributed by atoms with Gasteiger partial charge in [0.05, 0.1) is 12.1 Å². The van der Waals surface area contributed by atoms with Gasteiger partial charge in [-0.15, -0.1) is 0 Å². The SMILES string of the molecule is C=C1Cc2ccc(C)cc2Nc2ncnc3cc(O)c(cc23)OCCCNC(=O)C(C(C)C)N1. The van der Waals surface area contributed by atoms with E-state index in [9.17, 15) is 9.90 Å². The summed E-state index contributed by atoms with van der Waals surface area (Å²) in [5.41, 5.74) is 4.35. The molecule has 1 aromatic heterocycles. The van der Waals surface area contributed by atoms with E-state index in [-0.39, 0.29) is 17.6 Å². The van der Waals surface area contributed by atoms with E-state index < -0.39 is 6.04 Å². The van der Waals surface area contributed by atoms with E-state index in [1.807, 2.05) is 32.9 Å². The van der Waals surface area contributed by atoms with Gasteiger partial charge < -0.3 is 25.8 Å². The highest BCUT2D eigenvalue weighted by atomic mass is 16.5. The molecule has 3 aromatic rings. The number of aromatic nitrogens is 2. The minimum Gasteiger partial charge on any atom is -0.504 e. The van der Waals surface area contributed by atoms with Gasteiger partial charge in [0, 0.05) is 35.8 Å². The molecule has 1 atom stereocenters. The van der Waals surface area contributed by atoms with Crippen LogP contribution in [0.15, 0.2) is 48.9 Å². The highest BCUT2D eigenvalue weighted by Gasteiger charge is 2.22. The third kappa shape index (κ3) is 5.22. The molecule has 0 radical (unpaired) electrons. The van der Waals surface area contributed by atoms with Crippen LogP contribution in [0.2, 0.25) is 0 Å². The molecule has 1 unspecified atom stereocenters. The highest BCUT2D eigenvalue weighted by molar-refractivity contribution is 5.93. The molecule has 0 aliphatic carbocycles. The number of fused-ring (bicyclic) bond motifs is 2. The van der Waals surface area contributed by atoms with Crippen molar-refractivity contribution < 1.29 is 14.6 Å². The number of nitrogens with one attached hydrogen (secondary N) is 3. The average molecular weight is 462 g/mol. The van der Waals surface area contributed by atoms with Gasteiger partial charge in [-0.2, -0.15) is 0 Å². The Morgan fingerprint density at radius 1 is 1.21 bits per heavy atom. The number of benzene rings is 2. The molecular weight excluding hydrogens is 430 g/mol. The summed E-state index contributed by atoms with van der Waals surface area (Å²) in [7, 11) is 0. The van der Waals surface area contributed by atoms with Crippen LogP contribution in [0.4, 0.5) is 11.5 Å². The van der Waals surface area contributed by atoms with Gasteiger partial charge in [0.25, 0.3) is 0 Å². The van der Waals surface area contributed by atoms with Crippen LogP contribution in [0.1, 0.15) is 31.4 Å². The molecule has 2 heterocycles. The smallest absolute Gasteiger partial charge is 0.242 e. The molecule has 2 bridgehead atoms. The maximum absolute atomic E-state index is 12.8. The molecular formula is C26H31N5O3. The third-order valence-electron chi connectivity index (χ3n) is 5.83. The second-order valence-electron chi connectivity index (χ2n) is 8.98. The maximum atomic E-state index is 12.8. The zero-order valence-electron chi connectivity index (χ0n) is 19.8. The first-order valence-electron chi connectivity index (χ1n) is 11.5. The predicted octanol–water partition coefficient (Wildman–Crippen LogP) is 3.96. The molecule has 1 aliphatic heterocycles. The molecule has 178 valence electrons. The van der Waals surface area contributed by atoms with Crippen LogP contribution in [0.5, 0.6) is 11.5 Å². The zero-order chi connectivity index (χ0) is 24.2. The van der Waals surface area contributed by atoms with Crippen molar-refractivity contribution in [2.45, 2.75) is 39.7 Å². The van der Waals surface area contributed by atoms with Crippen LogP contribution in [-0.4, -0.2) is 40.2 Å². The lowest BCUT2D eigenvalue weighted by molar-refractivity contribution is -0.123. The summed E-state index contributed by atoms with van der Waals surface area (Å²) in [4.78, 5) is 21.6. The van der Waals surface area contributed by atoms with Crippen LogP contribution in [0.3, 0.4) is 0 Å². The number of hydrogen-bond donors (Lipinski definition) is 4.